The van der Waals surface area contributed by atoms with Gasteiger partial charge in [-0.3, -0.25) is 9.59 Å². The third-order valence-corrected chi connectivity index (χ3v) is 5.25. The molecule has 2 amide bonds. The van der Waals surface area contributed by atoms with Crippen LogP contribution in [0.1, 0.15) is 37.0 Å². The molecule has 1 aliphatic heterocycles. The van der Waals surface area contributed by atoms with Crippen molar-refractivity contribution >= 4 is 47.3 Å². The monoisotopic (exact) mass is 436 g/mol. The second-order valence-electron chi connectivity index (χ2n) is 7.25. The standard InChI is InChI=1S/C21H25ClN4O2.ClH/c1-14(2)26-11-9-15(10-12-26)20(27)24-18-6-4-3-5-17(18)21(28)25-19-8-7-16(22)13-23-19;/h3-8,13-15H,9-12H2,1-2H3,(H,24,27)(H,23,25,28);1H. The number of likely N-dealkylation sites (tertiary alicyclic amines) is 1. The van der Waals surface area contributed by atoms with Gasteiger partial charge >= 0.3 is 0 Å². The summed E-state index contributed by atoms with van der Waals surface area (Å²) >= 11 is 5.82. The fraction of sp³-hybridized carbons (Fsp3) is 0.381. The van der Waals surface area contributed by atoms with E-state index in [1.54, 1.807) is 36.4 Å². The molecule has 1 aliphatic rings. The van der Waals surface area contributed by atoms with Crippen LogP contribution in [0.5, 0.6) is 0 Å². The van der Waals surface area contributed by atoms with Gasteiger partial charge < -0.3 is 15.5 Å². The van der Waals surface area contributed by atoms with Crippen molar-refractivity contribution in [1.29, 1.82) is 0 Å². The second kappa shape index (κ2) is 10.6. The highest BCUT2D eigenvalue weighted by atomic mass is 35.5. The molecule has 2 aromatic rings. The van der Waals surface area contributed by atoms with Crippen LogP contribution in [0.15, 0.2) is 42.6 Å². The van der Waals surface area contributed by atoms with E-state index in [9.17, 15) is 9.59 Å². The number of benzene rings is 1. The van der Waals surface area contributed by atoms with Crippen molar-refractivity contribution in [3.05, 3.63) is 53.2 Å². The Balaban J connectivity index is 0.00000300. The molecule has 3 rings (SSSR count). The molecule has 156 valence electrons. The highest BCUT2D eigenvalue weighted by Gasteiger charge is 2.26. The van der Waals surface area contributed by atoms with Gasteiger partial charge in [-0.15, -0.1) is 12.4 Å². The summed E-state index contributed by atoms with van der Waals surface area (Å²) in [6.07, 6.45) is 3.12. The van der Waals surface area contributed by atoms with Crippen LogP contribution in [0.25, 0.3) is 0 Å². The normalized spacial score (nSPS) is 14.9. The third kappa shape index (κ3) is 6.16. The predicted octanol–water partition coefficient (Wildman–Crippen LogP) is 4.47. The fourth-order valence-corrected chi connectivity index (χ4v) is 3.45. The van der Waals surface area contributed by atoms with Crippen molar-refractivity contribution in [2.45, 2.75) is 32.7 Å². The Hall–Kier alpha value is -2.15. The molecule has 0 aliphatic carbocycles. The maximum absolute atomic E-state index is 12.7. The van der Waals surface area contributed by atoms with Crippen LogP contribution in [0.2, 0.25) is 5.02 Å². The number of amides is 2. The van der Waals surface area contributed by atoms with Gasteiger partial charge in [0.15, 0.2) is 0 Å². The SMILES string of the molecule is CC(C)N1CCC(C(=O)Nc2ccccc2C(=O)Nc2ccc(Cl)cn2)CC1.Cl. The number of pyridine rings is 1. The first-order chi connectivity index (χ1) is 13.4. The van der Waals surface area contributed by atoms with Gasteiger partial charge in [-0.1, -0.05) is 23.7 Å². The second-order valence-corrected chi connectivity index (χ2v) is 7.69. The molecule has 1 fully saturated rings. The van der Waals surface area contributed by atoms with Gasteiger partial charge in [0.1, 0.15) is 5.82 Å². The lowest BCUT2D eigenvalue weighted by atomic mass is 9.95. The van der Waals surface area contributed by atoms with Crippen LogP contribution in [0, 0.1) is 5.92 Å². The number of nitrogens with zero attached hydrogens (tertiary/aromatic N) is 2. The van der Waals surface area contributed by atoms with Gasteiger partial charge in [-0.25, -0.2) is 4.98 Å². The van der Waals surface area contributed by atoms with Crippen LogP contribution in [-0.4, -0.2) is 40.8 Å². The van der Waals surface area contributed by atoms with Gasteiger partial charge in [0.2, 0.25) is 5.91 Å². The van der Waals surface area contributed by atoms with E-state index in [0.717, 1.165) is 25.9 Å². The lowest BCUT2D eigenvalue weighted by Gasteiger charge is -2.34. The minimum Gasteiger partial charge on any atom is -0.325 e. The summed E-state index contributed by atoms with van der Waals surface area (Å²) in [5.74, 6) is -0.00532. The van der Waals surface area contributed by atoms with Crippen LogP contribution in [-0.2, 0) is 4.79 Å². The Morgan fingerprint density at radius 1 is 1.10 bits per heavy atom. The summed E-state index contributed by atoms with van der Waals surface area (Å²) in [6.45, 7) is 6.18. The number of aromatic nitrogens is 1. The zero-order valence-electron chi connectivity index (χ0n) is 16.5. The molecular weight excluding hydrogens is 411 g/mol. The highest BCUT2D eigenvalue weighted by Crippen LogP contribution is 2.23. The maximum Gasteiger partial charge on any atom is 0.258 e. The summed E-state index contributed by atoms with van der Waals surface area (Å²) in [6, 6.07) is 10.8. The minimum absolute atomic E-state index is 0. The number of carbonyl (C=O) groups is 2. The number of anilines is 2. The molecule has 2 heterocycles. The van der Waals surface area contributed by atoms with Crippen molar-refractivity contribution < 1.29 is 9.59 Å². The summed E-state index contributed by atoms with van der Waals surface area (Å²) in [4.78, 5) is 31.8. The molecule has 6 nitrogen and oxygen atoms in total. The number of piperidine rings is 1. The van der Waals surface area contributed by atoms with E-state index in [1.165, 1.54) is 6.20 Å². The van der Waals surface area contributed by atoms with E-state index in [2.05, 4.69) is 34.4 Å². The molecule has 0 bridgehead atoms. The van der Waals surface area contributed by atoms with Crippen LogP contribution < -0.4 is 10.6 Å². The number of nitrogens with one attached hydrogen (secondary N) is 2. The first-order valence-corrected chi connectivity index (χ1v) is 9.88. The molecule has 0 unspecified atom stereocenters. The van der Waals surface area contributed by atoms with E-state index < -0.39 is 0 Å². The Morgan fingerprint density at radius 3 is 2.41 bits per heavy atom. The van der Waals surface area contributed by atoms with Gasteiger partial charge in [-0.2, -0.15) is 0 Å². The molecule has 1 aromatic carbocycles. The predicted molar refractivity (Wildman–Crippen MR) is 119 cm³/mol. The molecule has 0 atom stereocenters. The van der Waals surface area contributed by atoms with Crippen molar-refractivity contribution in [3.63, 3.8) is 0 Å². The number of para-hydroxylation sites is 1. The minimum atomic E-state index is -0.333. The Morgan fingerprint density at radius 2 is 1.79 bits per heavy atom. The first-order valence-electron chi connectivity index (χ1n) is 9.51. The van der Waals surface area contributed by atoms with Crippen LogP contribution in [0.3, 0.4) is 0 Å². The van der Waals surface area contributed by atoms with E-state index in [0.29, 0.717) is 28.1 Å². The van der Waals surface area contributed by atoms with Gasteiger partial charge in [-0.05, 0) is 64.0 Å². The quantitative estimate of drug-likeness (QED) is 0.724. The highest BCUT2D eigenvalue weighted by molar-refractivity contribution is 6.30. The molecule has 0 radical (unpaired) electrons. The van der Waals surface area contributed by atoms with Crippen LogP contribution in [0.4, 0.5) is 11.5 Å². The smallest absolute Gasteiger partial charge is 0.258 e. The van der Waals surface area contributed by atoms with E-state index in [-0.39, 0.29) is 30.1 Å². The van der Waals surface area contributed by atoms with Crippen molar-refractivity contribution in [1.82, 2.24) is 9.88 Å². The lowest BCUT2D eigenvalue weighted by Crippen LogP contribution is -2.41. The molecule has 1 aromatic heterocycles. The Bertz CT molecular complexity index is 835. The topological polar surface area (TPSA) is 74.3 Å². The number of hydrogen-bond acceptors (Lipinski definition) is 4. The van der Waals surface area contributed by atoms with E-state index in [4.69, 9.17) is 11.6 Å². The largest absolute Gasteiger partial charge is 0.325 e. The van der Waals surface area contributed by atoms with Gasteiger partial charge in [0.25, 0.3) is 5.91 Å². The number of hydrogen-bond donors (Lipinski definition) is 2. The first kappa shape index (κ1) is 23.1. The molecule has 0 saturated carbocycles. The lowest BCUT2D eigenvalue weighted by molar-refractivity contribution is -0.121. The van der Waals surface area contributed by atoms with E-state index >= 15 is 0 Å². The zero-order chi connectivity index (χ0) is 20.1. The molecule has 8 heteroatoms. The van der Waals surface area contributed by atoms with Crippen molar-refractivity contribution in [2.24, 2.45) is 5.92 Å². The molecular formula is C21H26Cl2N4O2. The Labute approximate surface area is 182 Å². The summed E-state index contributed by atoms with van der Waals surface area (Å²) in [5.41, 5.74) is 0.900. The number of rotatable bonds is 5. The molecule has 2 N–H and O–H groups in total. The summed E-state index contributed by atoms with van der Waals surface area (Å²) in [5, 5.41) is 6.17. The number of carbonyl (C=O) groups excluding carboxylic acids is 2. The van der Waals surface area contributed by atoms with E-state index in [1.807, 2.05) is 0 Å². The van der Waals surface area contributed by atoms with Gasteiger partial charge in [0.05, 0.1) is 16.3 Å². The van der Waals surface area contributed by atoms with Crippen molar-refractivity contribution in [2.75, 3.05) is 23.7 Å². The molecule has 1 saturated heterocycles. The fourth-order valence-electron chi connectivity index (χ4n) is 3.34. The summed E-state index contributed by atoms with van der Waals surface area (Å²) < 4.78 is 0. The van der Waals surface area contributed by atoms with Crippen LogP contribution >= 0.6 is 24.0 Å². The zero-order valence-corrected chi connectivity index (χ0v) is 18.1. The average molecular weight is 437 g/mol. The Kier molecular flexibility index (Phi) is 8.44. The average Bonchev–Trinajstić information content (AvgIpc) is 2.70. The van der Waals surface area contributed by atoms with Gasteiger partial charge in [0, 0.05) is 18.2 Å². The third-order valence-electron chi connectivity index (χ3n) is 5.03. The van der Waals surface area contributed by atoms with Crippen molar-refractivity contribution in [3.8, 4) is 0 Å². The maximum atomic E-state index is 12.7. The molecule has 29 heavy (non-hydrogen) atoms. The summed E-state index contributed by atoms with van der Waals surface area (Å²) in [7, 11) is 0. The molecule has 0 spiro atoms. The number of halogens is 2.